The smallest absolute Gasteiger partial charge is 0.160 e. The van der Waals surface area contributed by atoms with Crippen LogP contribution in [-0.4, -0.2) is 18.1 Å². The van der Waals surface area contributed by atoms with Gasteiger partial charge in [0.15, 0.2) is 5.75 Å². The van der Waals surface area contributed by atoms with Crippen LogP contribution in [0, 0.1) is 12.8 Å². The quantitative estimate of drug-likeness (QED) is 0.870. The molecule has 0 bridgehead atoms. The molecule has 2 rings (SSSR count). The Kier molecular flexibility index (Phi) is 3.87. The monoisotopic (exact) mass is 234 g/mol. The maximum atomic E-state index is 5.34. The standard InChI is InChI=1S/C14H22N2O/c1-10-4-6-12(7-5-10)16-13-8-11(2)15-9-14(13)17-3/h8-10,12H,4-7H2,1-3H3,(H,15,16). The molecule has 1 aromatic heterocycles. The Morgan fingerprint density at radius 2 is 2.00 bits per heavy atom. The molecule has 1 aromatic rings. The zero-order valence-electron chi connectivity index (χ0n) is 11.0. The molecule has 17 heavy (non-hydrogen) atoms. The summed E-state index contributed by atoms with van der Waals surface area (Å²) in [6, 6.07) is 2.65. The predicted octanol–water partition coefficient (Wildman–Crippen LogP) is 3.39. The second kappa shape index (κ2) is 5.39. The van der Waals surface area contributed by atoms with Gasteiger partial charge in [-0.2, -0.15) is 0 Å². The lowest BCUT2D eigenvalue weighted by Crippen LogP contribution is -2.25. The lowest BCUT2D eigenvalue weighted by molar-refractivity contribution is 0.359. The van der Waals surface area contributed by atoms with Gasteiger partial charge in [-0.15, -0.1) is 0 Å². The number of aryl methyl sites for hydroxylation is 1. The van der Waals surface area contributed by atoms with E-state index in [2.05, 4.69) is 23.3 Å². The third kappa shape index (κ3) is 3.11. The summed E-state index contributed by atoms with van der Waals surface area (Å²) in [6.07, 6.45) is 6.95. The van der Waals surface area contributed by atoms with Crippen LogP contribution >= 0.6 is 0 Å². The summed E-state index contributed by atoms with van der Waals surface area (Å²) < 4.78 is 5.34. The van der Waals surface area contributed by atoms with Crippen molar-refractivity contribution in [2.24, 2.45) is 5.92 Å². The molecule has 1 fully saturated rings. The minimum absolute atomic E-state index is 0.585. The van der Waals surface area contributed by atoms with Crippen molar-refractivity contribution < 1.29 is 4.74 Å². The Labute approximate surface area is 104 Å². The summed E-state index contributed by atoms with van der Waals surface area (Å²) in [4.78, 5) is 4.25. The topological polar surface area (TPSA) is 34.1 Å². The predicted molar refractivity (Wildman–Crippen MR) is 70.6 cm³/mol. The van der Waals surface area contributed by atoms with E-state index in [9.17, 15) is 0 Å². The molecule has 0 aromatic carbocycles. The van der Waals surface area contributed by atoms with Crippen LogP contribution in [0.4, 0.5) is 5.69 Å². The van der Waals surface area contributed by atoms with Crippen molar-refractivity contribution in [3.63, 3.8) is 0 Å². The van der Waals surface area contributed by atoms with Crippen LogP contribution in [0.3, 0.4) is 0 Å². The molecule has 0 saturated heterocycles. The second-order valence-corrected chi connectivity index (χ2v) is 5.13. The van der Waals surface area contributed by atoms with E-state index >= 15 is 0 Å². The lowest BCUT2D eigenvalue weighted by atomic mass is 9.87. The van der Waals surface area contributed by atoms with Gasteiger partial charge in [0.25, 0.3) is 0 Å². The molecule has 1 aliphatic rings. The SMILES string of the molecule is COc1cnc(C)cc1NC1CCC(C)CC1. The maximum Gasteiger partial charge on any atom is 0.160 e. The number of hydrogen-bond acceptors (Lipinski definition) is 3. The van der Waals surface area contributed by atoms with Gasteiger partial charge in [0, 0.05) is 11.7 Å². The fourth-order valence-electron chi connectivity index (χ4n) is 2.45. The van der Waals surface area contributed by atoms with Crippen molar-refractivity contribution in [3.8, 4) is 5.75 Å². The van der Waals surface area contributed by atoms with E-state index < -0.39 is 0 Å². The van der Waals surface area contributed by atoms with Gasteiger partial charge in [-0.25, -0.2) is 0 Å². The molecule has 0 amide bonds. The zero-order chi connectivity index (χ0) is 12.3. The fourth-order valence-corrected chi connectivity index (χ4v) is 2.45. The van der Waals surface area contributed by atoms with E-state index in [0.29, 0.717) is 6.04 Å². The molecule has 0 atom stereocenters. The first kappa shape index (κ1) is 12.2. The van der Waals surface area contributed by atoms with Crippen molar-refractivity contribution in [1.82, 2.24) is 4.98 Å². The number of aromatic nitrogens is 1. The van der Waals surface area contributed by atoms with Crippen LogP contribution in [0.15, 0.2) is 12.3 Å². The van der Waals surface area contributed by atoms with Crippen molar-refractivity contribution in [2.75, 3.05) is 12.4 Å². The summed E-state index contributed by atoms with van der Waals surface area (Å²) in [5.74, 6) is 1.73. The molecule has 0 aliphatic heterocycles. The molecule has 3 nitrogen and oxygen atoms in total. The average Bonchev–Trinajstić information content (AvgIpc) is 2.32. The number of nitrogens with one attached hydrogen (secondary N) is 1. The lowest BCUT2D eigenvalue weighted by Gasteiger charge is -2.28. The van der Waals surface area contributed by atoms with Crippen LogP contribution in [0.5, 0.6) is 5.75 Å². The highest BCUT2D eigenvalue weighted by Crippen LogP contribution is 2.30. The Bertz CT molecular complexity index is 370. The minimum atomic E-state index is 0.585. The molecule has 0 spiro atoms. The highest BCUT2D eigenvalue weighted by atomic mass is 16.5. The number of ether oxygens (including phenoxy) is 1. The molecule has 94 valence electrons. The molecule has 1 aliphatic carbocycles. The molecule has 0 unspecified atom stereocenters. The first-order valence-electron chi connectivity index (χ1n) is 6.46. The first-order chi connectivity index (χ1) is 8.19. The van der Waals surface area contributed by atoms with Gasteiger partial charge in [-0.3, -0.25) is 4.98 Å². The highest BCUT2D eigenvalue weighted by molar-refractivity contribution is 5.56. The van der Waals surface area contributed by atoms with E-state index in [1.807, 2.05) is 6.92 Å². The van der Waals surface area contributed by atoms with E-state index in [1.54, 1.807) is 13.3 Å². The summed E-state index contributed by atoms with van der Waals surface area (Å²) >= 11 is 0. The van der Waals surface area contributed by atoms with Crippen LogP contribution < -0.4 is 10.1 Å². The van der Waals surface area contributed by atoms with Crippen LogP contribution in [0.2, 0.25) is 0 Å². The van der Waals surface area contributed by atoms with Crippen molar-refractivity contribution in [2.45, 2.75) is 45.6 Å². The third-order valence-corrected chi connectivity index (χ3v) is 3.60. The van der Waals surface area contributed by atoms with E-state index in [1.165, 1.54) is 25.7 Å². The number of anilines is 1. The van der Waals surface area contributed by atoms with Gasteiger partial charge in [-0.1, -0.05) is 6.92 Å². The largest absolute Gasteiger partial charge is 0.493 e. The fraction of sp³-hybridized carbons (Fsp3) is 0.643. The van der Waals surface area contributed by atoms with Crippen LogP contribution in [0.1, 0.15) is 38.3 Å². The minimum Gasteiger partial charge on any atom is -0.493 e. The summed E-state index contributed by atoms with van der Waals surface area (Å²) in [6.45, 7) is 4.35. The molecule has 3 heteroatoms. The number of hydrogen-bond donors (Lipinski definition) is 1. The Morgan fingerprint density at radius 3 is 2.65 bits per heavy atom. The van der Waals surface area contributed by atoms with Crippen molar-refractivity contribution >= 4 is 5.69 Å². The highest BCUT2D eigenvalue weighted by Gasteiger charge is 2.19. The van der Waals surface area contributed by atoms with E-state index in [4.69, 9.17) is 4.74 Å². The van der Waals surface area contributed by atoms with Gasteiger partial charge in [0.2, 0.25) is 0 Å². The Morgan fingerprint density at radius 1 is 1.29 bits per heavy atom. The number of nitrogens with zero attached hydrogens (tertiary/aromatic N) is 1. The van der Waals surface area contributed by atoms with Gasteiger partial charge in [-0.05, 0) is 44.6 Å². The van der Waals surface area contributed by atoms with Gasteiger partial charge < -0.3 is 10.1 Å². The Balaban J connectivity index is 2.04. The molecule has 1 heterocycles. The summed E-state index contributed by atoms with van der Waals surface area (Å²) in [5, 5.41) is 3.60. The van der Waals surface area contributed by atoms with E-state index in [0.717, 1.165) is 23.0 Å². The van der Waals surface area contributed by atoms with E-state index in [-0.39, 0.29) is 0 Å². The Hall–Kier alpha value is -1.25. The number of pyridine rings is 1. The van der Waals surface area contributed by atoms with Gasteiger partial charge in [0.1, 0.15) is 0 Å². The number of methoxy groups -OCH3 is 1. The maximum absolute atomic E-state index is 5.34. The van der Waals surface area contributed by atoms with Crippen LogP contribution in [-0.2, 0) is 0 Å². The normalized spacial score (nSPS) is 24.4. The molecule has 1 saturated carbocycles. The molecular formula is C14H22N2O. The first-order valence-corrected chi connectivity index (χ1v) is 6.46. The van der Waals surface area contributed by atoms with Gasteiger partial charge in [0.05, 0.1) is 19.0 Å². The third-order valence-electron chi connectivity index (χ3n) is 3.60. The molecular weight excluding hydrogens is 212 g/mol. The number of rotatable bonds is 3. The zero-order valence-corrected chi connectivity index (χ0v) is 11.0. The van der Waals surface area contributed by atoms with Crippen molar-refractivity contribution in [3.05, 3.63) is 18.0 Å². The average molecular weight is 234 g/mol. The summed E-state index contributed by atoms with van der Waals surface area (Å²) in [7, 11) is 1.69. The second-order valence-electron chi connectivity index (χ2n) is 5.13. The van der Waals surface area contributed by atoms with Crippen LogP contribution in [0.25, 0.3) is 0 Å². The van der Waals surface area contributed by atoms with Gasteiger partial charge >= 0.3 is 0 Å². The van der Waals surface area contributed by atoms with Crippen molar-refractivity contribution in [1.29, 1.82) is 0 Å². The molecule has 1 N–H and O–H groups in total. The summed E-state index contributed by atoms with van der Waals surface area (Å²) in [5.41, 5.74) is 2.11. The molecule has 0 radical (unpaired) electrons.